The molecule has 2 fully saturated rings. The number of imidazole rings is 1. The van der Waals surface area contributed by atoms with E-state index in [-0.39, 0.29) is 25.2 Å². The Morgan fingerprint density at radius 2 is 2.23 bits per heavy atom. The van der Waals surface area contributed by atoms with Crippen molar-refractivity contribution >= 4 is 22.6 Å². The molecule has 0 spiro atoms. The first kappa shape index (κ1) is 22.7. The lowest BCUT2D eigenvalue weighted by molar-refractivity contribution is -0.122. The van der Waals surface area contributed by atoms with Crippen molar-refractivity contribution in [2.45, 2.75) is 39.7 Å². The highest BCUT2D eigenvalue weighted by atomic mass is 16.5. The Morgan fingerprint density at radius 1 is 1.40 bits per heavy atom. The maximum Gasteiger partial charge on any atom is 0.240 e. The van der Waals surface area contributed by atoms with Gasteiger partial charge in [-0.25, -0.2) is 4.98 Å². The molecule has 3 N–H and O–H groups in total. The summed E-state index contributed by atoms with van der Waals surface area (Å²) in [6, 6.07) is 4.04. The molecule has 0 radical (unpaired) electrons. The number of rotatable bonds is 5. The molecule has 1 amide bonds. The van der Waals surface area contributed by atoms with E-state index in [1.165, 1.54) is 11.3 Å². The summed E-state index contributed by atoms with van der Waals surface area (Å²) in [4.78, 5) is 25.2. The second-order valence-electron chi connectivity index (χ2n) is 10.9. The zero-order chi connectivity index (χ0) is 24.5. The monoisotopic (exact) mass is 478 g/mol. The van der Waals surface area contributed by atoms with E-state index in [1.807, 2.05) is 24.9 Å². The number of aromatic nitrogens is 4. The summed E-state index contributed by atoms with van der Waals surface area (Å²) in [5.41, 5.74) is 7.50. The number of morpholine rings is 1. The van der Waals surface area contributed by atoms with E-state index in [1.54, 1.807) is 4.90 Å². The summed E-state index contributed by atoms with van der Waals surface area (Å²) >= 11 is 0. The van der Waals surface area contributed by atoms with Gasteiger partial charge in [-0.3, -0.25) is 14.8 Å². The number of hydrogen-bond acceptors (Lipinski definition) is 6. The smallest absolute Gasteiger partial charge is 0.240 e. The first-order chi connectivity index (χ1) is 16.8. The lowest BCUT2D eigenvalue weighted by Crippen LogP contribution is -2.48. The van der Waals surface area contributed by atoms with Crippen LogP contribution in [0.2, 0.25) is 0 Å². The third-order valence-electron chi connectivity index (χ3n) is 8.86. The van der Waals surface area contributed by atoms with Crippen molar-refractivity contribution in [2.24, 2.45) is 17.3 Å². The number of aliphatic hydroxyl groups excluding tert-OH is 1. The molecule has 9 heteroatoms. The highest BCUT2D eigenvalue weighted by molar-refractivity contribution is 5.97. The molecule has 4 atom stereocenters. The van der Waals surface area contributed by atoms with Crippen LogP contribution >= 0.6 is 0 Å². The molecule has 6 rings (SSSR count). The molecule has 1 aliphatic heterocycles. The molecule has 3 aliphatic rings. The maximum absolute atomic E-state index is 13.1. The molecular formula is C26H34N6O3. The van der Waals surface area contributed by atoms with Crippen molar-refractivity contribution < 1.29 is 14.6 Å². The molecule has 2 aliphatic carbocycles. The summed E-state index contributed by atoms with van der Waals surface area (Å²) in [7, 11) is 1.81. The highest BCUT2D eigenvalue weighted by Crippen LogP contribution is 2.64. The van der Waals surface area contributed by atoms with E-state index in [4.69, 9.17) is 9.72 Å². The summed E-state index contributed by atoms with van der Waals surface area (Å²) in [5.74, 6) is 2.26. The van der Waals surface area contributed by atoms with Gasteiger partial charge >= 0.3 is 0 Å². The number of ether oxygens (including phenoxy) is 1. The highest BCUT2D eigenvalue weighted by Gasteiger charge is 2.60. The second-order valence-corrected chi connectivity index (χ2v) is 10.9. The molecule has 1 saturated carbocycles. The molecule has 3 heterocycles. The minimum atomic E-state index is -0.230. The molecular weight excluding hydrogens is 444 g/mol. The molecule has 9 nitrogen and oxygen atoms in total. The van der Waals surface area contributed by atoms with Crippen molar-refractivity contribution in [1.29, 1.82) is 0 Å². The lowest BCUT2D eigenvalue weighted by Gasteiger charge is -2.32. The number of amides is 1. The fraction of sp³-hybridized carbons (Fsp3) is 0.577. The van der Waals surface area contributed by atoms with Gasteiger partial charge in [-0.2, -0.15) is 5.10 Å². The number of aryl methyl sites for hydroxylation is 1. The number of anilines is 1. The van der Waals surface area contributed by atoms with E-state index in [0.717, 1.165) is 58.5 Å². The summed E-state index contributed by atoms with van der Waals surface area (Å²) < 4.78 is 5.50. The second kappa shape index (κ2) is 8.15. The van der Waals surface area contributed by atoms with Crippen LogP contribution in [0, 0.1) is 24.2 Å². The normalized spacial score (nSPS) is 28.1. The van der Waals surface area contributed by atoms with Gasteiger partial charge in [-0.1, -0.05) is 13.8 Å². The minimum absolute atomic E-state index is 0.00442. The lowest BCUT2D eigenvalue weighted by atomic mass is 9.87. The number of fused-ring (bicyclic) bond motifs is 3. The van der Waals surface area contributed by atoms with Crippen molar-refractivity contribution in [2.75, 3.05) is 44.8 Å². The standard InChI is InChI=1S/C26H34N6O3/c1-14-7-19-20(9-22(14)31(4)23(34)12-32-5-6-35-16(11-32)13-33)28-25(27-19)24-17-8-18-15(2)26(18,3)10-21(17)29-30-24/h7,9,15-16,18,33H,5-6,8,10-13H2,1-4H3,(H,27,28)(H,29,30)/t15-,16-,18+,26-/m0/s1. The first-order valence-electron chi connectivity index (χ1n) is 12.6. The van der Waals surface area contributed by atoms with Gasteiger partial charge in [-0.15, -0.1) is 0 Å². The molecule has 0 unspecified atom stereocenters. The van der Waals surface area contributed by atoms with Gasteiger partial charge < -0.3 is 19.7 Å². The van der Waals surface area contributed by atoms with Crippen LogP contribution in [0.1, 0.15) is 30.7 Å². The Bertz CT molecular complexity index is 1300. The number of H-pyrrole nitrogens is 2. The van der Waals surface area contributed by atoms with Crippen LogP contribution in [0.5, 0.6) is 0 Å². The number of aliphatic hydroxyl groups is 1. The van der Waals surface area contributed by atoms with E-state index < -0.39 is 0 Å². The topological polar surface area (TPSA) is 110 Å². The number of nitrogens with zero attached hydrogens (tertiary/aromatic N) is 4. The average Bonchev–Trinajstić information content (AvgIpc) is 3.18. The van der Waals surface area contributed by atoms with Crippen LogP contribution in [-0.4, -0.2) is 82.1 Å². The largest absolute Gasteiger partial charge is 0.394 e. The molecule has 1 aromatic carbocycles. The van der Waals surface area contributed by atoms with Crippen LogP contribution in [0.3, 0.4) is 0 Å². The van der Waals surface area contributed by atoms with Crippen molar-refractivity contribution in [1.82, 2.24) is 25.1 Å². The average molecular weight is 479 g/mol. The molecule has 35 heavy (non-hydrogen) atoms. The fourth-order valence-electron chi connectivity index (χ4n) is 6.27. The van der Waals surface area contributed by atoms with Gasteiger partial charge in [0.1, 0.15) is 5.69 Å². The van der Waals surface area contributed by atoms with Crippen LogP contribution in [0.15, 0.2) is 12.1 Å². The number of hydrogen-bond donors (Lipinski definition) is 3. The van der Waals surface area contributed by atoms with Crippen molar-refractivity contribution in [3.8, 4) is 11.5 Å². The minimum Gasteiger partial charge on any atom is -0.394 e. The molecule has 1 saturated heterocycles. The van der Waals surface area contributed by atoms with Gasteiger partial charge in [-0.05, 0) is 54.7 Å². The van der Waals surface area contributed by atoms with Gasteiger partial charge in [0.15, 0.2) is 5.82 Å². The summed E-state index contributed by atoms with van der Waals surface area (Å²) in [6.45, 7) is 8.79. The van der Waals surface area contributed by atoms with Crippen LogP contribution in [0.25, 0.3) is 22.6 Å². The maximum atomic E-state index is 13.1. The van der Waals surface area contributed by atoms with Crippen LogP contribution < -0.4 is 4.90 Å². The molecule has 2 aromatic heterocycles. The van der Waals surface area contributed by atoms with Crippen LogP contribution in [0.4, 0.5) is 5.69 Å². The predicted molar refractivity (Wildman–Crippen MR) is 133 cm³/mol. The van der Waals surface area contributed by atoms with E-state index in [9.17, 15) is 9.90 Å². The number of nitrogens with one attached hydrogen (secondary N) is 2. The number of aromatic amines is 2. The SMILES string of the molecule is Cc1cc2[nH]c(-c3n[nH]c4c3C[C@@H]3[C@H](C)[C@]3(C)C4)nc2cc1N(C)C(=O)CN1CCO[C@H](CO)C1. The Balaban J connectivity index is 1.24. The quantitative estimate of drug-likeness (QED) is 0.519. The summed E-state index contributed by atoms with van der Waals surface area (Å²) in [6.07, 6.45) is 1.88. The van der Waals surface area contributed by atoms with Crippen LogP contribution in [-0.2, 0) is 22.4 Å². The van der Waals surface area contributed by atoms with E-state index in [2.05, 4.69) is 35.1 Å². The first-order valence-corrected chi connectivity index (χ1v) is 12.6. The Kier molecular flexibility index (Phi) is 5.28. The fourth-order valence-corrected chi connectivity index (χ4v) is 6.27. The Labute approximate surface area is 204 Å². The number of benzene rings is 1. The Hall–Kier alpha value is -2.75. The number of likely N-dealkylation sites (N-methyl/N-ethyl adjacent to an activating group) is 1. The number of carbonyl (C=O) groups is 1. The van der Waals surface area contributed by atoms with Gasteiger partial charge in [0.25, 0.3) is 0 Å². The molecule has 186 valence electrons. The third-order valence-corrected chi connectivity index (χ3v) is 8.86. The van der Waals surface area contributed by atoms with E-state index in [0.29, 0.717) is 25.1 Å². The Morgan fingerprint density at radius 3 is 3.03 bits per heavy atom. The van der Waals surface area contributed by atoms with Crippen molar-refractivity contribution in [3.63, 3.8) is 0 Å². The zero-order valence-corrected chi connectivity index (χ0v) is 20.9. The third kappa shape index (κ3) is 3.68. The molecule has 3 aromatic rings. The van der Waals surface area contributed by atoms with Gasteiger partial charge in [0.2, 0.25) is 5.91 Å². The molecule has 0 bridgehead atoms. The van der Waals surface area contributed by atoms with Crippen molar-refractivity contribution in [3.05, 3.63) is 29.0 Å². The van der Waals surface area contributed by atoms with Gasteiger partial charge in [0.05, 0.1) is 36.9 Å². The van der Waals surface area contributed by atoms with Gasteiger partial charge in [0, 0.05) is 37.1 Å². The summed E-state index contributed by atoms with van der Waals surface area (Å²) in [5, 5.41) is 17.3. The van der Waals surface area contributed by atoms with E-state index >= 15 is 0 Å². The zero-order valence-electron chi connectivity index (χ0n) is 20.9. The number of carbonyl (C=O) groups excluding carboxylic acids is 1. The predicted octanol–water partition coefficient (Wildman–Crippen LogP) is 2.29.